The van der Waals surface area contributed by atoms with E-state index in [1.54, 1.807) is 11.3 Å². The maximum absolute atomic E-state index is 8.83. The number of aryl methyl sites for hydroxylation is 1. The number of nitrogens with zero attached hydrogens (tertiary/aromatic N) is 2. The molecule has 0 unspecified atom stereocenters. The Labute approximate surface area is 105 Å². The highest BCUT2D eigenvalue weighted by molar-refractivity contribution is 7.14. The molecule has 0 radical (unpaired) electrons. The molecule has 17 heavy (non-hydrogen) atoms. The van der Waals surface area contributed by atoms with Gasteiger partial charge >= 0.3 is 0 Å². The minimum absolute atomic E-state index is 0.180. The van der Waals surface area contributed by atoms with Crippen LogP contribution in [0.3, 0.4) is 0 Å². The van der Waals surface area contributed by atoms with Crippen molar-refractivity contribution in [2.75, 3.05) is 20.2 Å². The van der Waals surface area contributed by atoms with Gasteiger partial charge in [-0.15, -0.1) is 11.3 Å². The molecule has 1 N–H and O–H groups in total. The molecule has 2 aromatic heterocycles. The third-order valence-corrected chi connectivity index (χ3v) is 3.41. The van der Waals surface area contributed by atoms with E-state index in [-0.39, 0.29) is 6.61 Å². The van der Waals surface area contributed by atoms with Crippen molar-refractivity contribution in [2.45, 2.75) is 13.5 Å². The predicted molar refractivity (Wildman–Crippen MR) is 68.0 cm³/mol. The molecule has 0 aliphatic heterocycles. The van der Waals surface area contributed by atoms with E-state index >= 15 is 0 Å². The van der Waals surface area contributed by atoms with E-state index < -0.39 is 0 Å². The first-order valence-electron chi connectivity index (χ1n) is 5.50. The number of hydrogen-bond donors (Lipinski definition) is 1. The zero-order chi connectivity index (χ0) is 12.3. The van der Waals surface area contributed by atoms with Gasteiger partial charge < -0.3 is 9.52 Å². The molecule has 0 aliphatic rings. The first-order valence-corrected chi connectivity index (χ1v) is 6.31. The minimum Gasteiger partial charge on any atom is -0.459 e. The smallest absolute Gasteiger partial charge is 0.162 e. The second kappa shape index (κ2) is 5.44. The third-order valence-electron chi connectivity index (χ3n) is 2.41. The van der Waals surface area contributed by atoms with Gasteiger partial charge in [-0.25, -0.2) is 4.98 Å². The van der Waals surface area contributed by atoms with Crippen LogP contribution in [0.1, 0.15) is 10.6 Å². The lowest BCUT2D eigenvalue weighted by Crippen LogP contribution is -2.20. The summed E-state index contributed by atoms with van der Waals surface area (Å²) in [5.41, 5.74) is 0. The molecule has 5 heteroatoms. The van der Waals surface area contributed by atoms with Gasteiger partial charge in [-0.3, -0.25) is 4.90 Å². The summed E-state index contributed by atoms with van der Waals surface area (Å²) in [5.74, 6) is 1.72. The second-order valence-electron chi connectivity index (χ2n) is 4.00. The van der Waals surface area contributed by atoms with Crippen LogP contribution in [0.25, 0.3) is 10.8 Å². The highest BCUT2D eigenvalue weighted by atomic mass is 32.1. The van der Waals surface area contributed by atoms with Gasteiger partial charge in [0.1, 0.15) is 5.76 Å². The molecule has 2 heterocycles. The van der Waals surface area contributed by atoms with Crippen molar-refractivity contribution in [2.24, 2.45) is 0 Å². The fraction of sp³-hybridized carbons (Fsp3) is 0.417. The molecular formula is C12H16N2O2S. The Morgan fingerprint density at radius 1 is 1.47 bits per heavy atom. The van der Waals surface area contributed by atoms with Crippen LogP contribution in [0.4, 0.5) is 0 Å². The first kappa shape index (κ1) is 12.3. The first-order chi connectivity index (χ1) is 8.19. The summed E-state index contributed by atoms with van der Waals surface area (Å²) >= 11 is 1.63. The van der Waals surface area contributed by atoms with Crippen LogP contribution in [-0.4, -0.2) is 35.2 Å². The van der Waals surface area contributed by atoms with Crippen LogP contribution >= 0.6 is 11.3 Å². The number of hydrogen-bond acceptors (Lipinski definition) is 5. The van der Waals surface area contributed by atoms with Gasteiger partial charge in [-0.1, -0.05) is 0 Å². The van der Waals surface area contributed by atoms with Crippen molar-refractivity contribution >= 4 is 11.3 Å². The lowest BCUT2D eigenvalue weighted by Gasteiger charge is -2.12. The number of aliphatic hydroxyl groups is 1. The van der Waals surface area contributed by atoms with Crippen molar-refractivity contribution in [1.82, 2.24) is 9.88 Å². The number of aromatic nitrogens is 1. The van der Waals surface area contributed by atoms with Gasteiger partial charge in [0.2, 0.25) is 0 Å². The quantitative estimate of drug-likeness (QED) is 0.885. The van der Waals surface area contributed by atoms with E-state index in [2.05, 4.69) is 9.88 Å². The topological polar surface area (TPSA) is 49.5 Å². The second-order valence-corrected chi connectivity index (χ2v) is 5.12. The lowest BCUT2D eigenvalue weighted by molar-refractivity contribution is 0.218. The Balaban J connectivity index is 2.05. The fourth-order valence-corrected chi connectivity index (χ4v) is 2.51. The average Bonchev–Trinajstić information content (AvgIpc) is 2.87. The monoisotopic (exact) mass is 252 g/mol. The van der Waals surface area contributed by atoms with Gasteiger partial charge in [0.05, 0.1) is 6.61 Å². The van der Waals surface area contributed by atoms with Gasteiger partial charge in [0.15, 0.2) is 10.8 Å². The molecule has 4 nitrogen and oxygen atoms in total. The summed E-state index contributed by atoms with van der Waals surface area (Å²) in [4.78, 5) is 7.58. The van der Waals surface area contributed by atoms with E-state index in [0.717, 1.165) is 23.1 Å². The molecule has 2 rings (SSSR count). The Morgan fingerprint density at radius 3 is 2.94 bits per heavy atom. The third kappa shape index (κ3) is 3.15. The van der Waals surface area contributed by atoms with Crippen LogP contribution in [0.15, 0.2) is 22.7 Å². The summed E-state index contributed by atoms with van der Waals surface area (Å²) in [5, 5.41) is 9.74. The molecule has 2 aromatic rings. The molecule has 0 aliphatic carbocycles. The van der Waals surface area contributed by atoms with Gasteiger partial charge in [0, 0.05) is 24.2 Å². The van der Waals surface area contributed by atoms with E-state index in [9.17, 15) is 0 Å². The maximum Gasteiger partial charge on any atom is 0.162 e. The molecule has 0 aromatic carbocycles. The summed E-state index contributed by atoms with van der Waals surface area (Å²) in [6, 6.07) is 3.88. The molecular weight excluding hydrogens is 236 g/mol. The Hall–Kier alpha value is -1.17. The van der Waals surface area contributed by atoms with E-state index in [1.165, 1.54) is 4.88 Å². The maximum atomic E-state index is 8.83. The molecule has 0 spiro atoms. The Bertz CT molecular complexity index is 478. The largest absolute Gasteiger partial charge is 0.459 e. The van der Waals surface area contributed by atoms with Crippen molar-refractivity contribution in [3.05, 3.63) is 29.0 Å². The molecule has 92 valence electrons. The molecule has 0 bridgehead atoms. The van der Waals surface area contributed by atoms with Crippen molar-refractivity contribution < 1.29 is 9.52 Å². The predicted octanol–water partition coefficient (Wildman–Crippen LogP) is 2.14. The van der Waals surface area contributed by atoms with Crippen LogP contribution in [-0.2, 0) is 6.54 Å². The van der Waals surface area contributed by atoms with E-state index in [0.29, 0.717) is 6.54 Å². The zero-order valence-electron chi connectivity index (χ0n) is 10.0. The van der Waals surface area contributed by atoms with Crippen LogP contribution in [0, 0.1) is 6.92 Å². The molecule has 0 atom stereocenters. The molecule has 0 fully saturated rings. The number of aliphatic hydroxyl groups excluding tert-OH is 1. The fourth-order valence-electron chi connectivity index (χ4n) is 1.56. The summed E-state index contributed by atoms with van der Waals surface area (Å²) in [7, 11) is 1.98. The Morgan fingerprint density at radius 2 is 2.29 bits per heavy atom. The van der Waals surface area contributed by atoms with Crippen LogP contribution in [0.5, 0.6) is 0 Å². The summed E-state index contributed by atoms with van der Waals surface area (Å²) < 4.78 is 5.53. The van der Waals surface area contributed by atoms with Gasteiger partial charge in [0.25, 0.3) is 0 Å². The Kier molecular flexibility index (Phi) is 3.93. The summed E-state index contributed by atoms with van der Waals surface area (Å²) in [6.45, 7) is 3.58. The highest BCUT2D eigenvalue weighted by Gasteiger charge is 2.09. The van der Waals surface area contributed by atoms with Gasteiger partial charge in [-0.05, 0) is 26.1 Å². The average molecular weight is 252 g/mol. The number of thiazole rings is 1. The molecule has 0 saturated heterocycles. The van der Waals surface area contributed by atoms with Crippen molar-refractivity contribution in [3.63, 3.8) is 0 Å². The normalized spacial score (nSPS) is 11.3. The van der Waals surface area contributed by atoms with Crippen molar-refractivity contribution in [3.8, 4) is 10.8 Å². The van der Waals surface area contributed by atoms with Crippen LogP contribution < -0.4 is 0 Å². The van der Waals surface area contributed by atoms with Crippen molar-refractivity contribution in [1.29, 1.82) is 0 Å². The zero-order valence-corrected chi connectivity index (χ0v) is 10.8. The van der Waals surface area contributed by atoms with E-state index in [4.69, 9.17) is 9.52 Å². The van der Waals surface area contributed by atoms with Crippen LogP contribution in [0.2, 0.25) is 0 Å². The number of rotatable bonds is 5. The SMILES string of the molecule is Cc1ccc(-c2ncc(CN(C)CCO)s2)o1. The standard InChI is InChI=1S/C12H16N2O2S/c1-9-3-4-11(16-9)12-13-7-10(17-12)8-14(2)5-6-15/h3-4,7,15H,5-6,8H2,1-2H3. The number of furan rings is 1. The molecule has 0 saturated carbocycles. The molecule has 0 amide bonds. The minimum atomic E-state index is 0.180. The van der Waals surface area contributed by atoms with E-state index in [1.807, 2.05) is 32.3 Å². The highest BCUT2D eigenvalue weighted by Crippen LogP contribution is 2.27. The lowest BCUT2D eigenvalue weighted by atomic mass is 10.4. The van der Waals surface area contributed by atoms with Gasteiger partial charge in [-0.2, -0.15) is 0 Å². The summed E-state index contributed by atoms with van der Waals surface area (Å²) in [6.07, 6.45) is 1.87. The number of likely N-dealkylation sites (N-methyl/N-ethyl adjacent to an activating group) is 1.